The maximum atomic E-state index is 12.9. The molecule has 1 aromatic rings. The first-order valence-corrected chi connectivity index (χ1v) is 8.58. The number of hydrogen-bond donors (Lipinski definition) is 1. The molecule has 22 heavy (non-hydrogen) atoms. The van der Waals surface area contributed by atoms with Crippen LogP contribution in [0.2, 0.25) is 0 Å². The molecule has 118 valence electrons. The number of nitrogens with zero attached hydrogens (tertiary/aromatic N) is 2. The van der Waals surface area contributed by atoms with E-state index in [2.05, 4.69) is 26.2 Å². The molecule has 0 radical (unpaired) electrons. The van der Waals surface area contributed by atoms with Crippen molar-refractivity contribution in [3.63, 3.8) is 0 Å². The van der Waals surface area contributed by atoms with Gasteiger partial charge in [0.1, 0.15) is 5.92 Å². The third-order valence-electron chi connectivity index (χ3n) is 3.91. The highest BCUT2D eigenvalue weighted by Crippen LogP contribution is 2.29. The highest BCUT2D eigenvalue weighted by molar-refractivity contribution is 9.10. The van der Waals surface area contributed by atoms with Gasteiger partial charge < -0.3 is 10.2 Å². The van der Waals surface area contributed by atoms with Crippen LogP contribution in [0, 0.1) is 5.92 Å². The van der Waals surface area contributed by atoms with Crippen molar-refractivity contribution in [3.8, 4) is 0 Å². The van der Waals surface area contributed by atoms with Gasteiger partial charge in [0, 0.05) is 23.3 Å². The number of aliphatic imine (C=N–C) groups is 1. The molecule has 0 saturated carbocycles. The normalized spacial score (nSPS) is 21.1. The summed E-state index contributed by atoms with van der Waals surface area (Å²) in [5.74, 6) is -0.234. The van der Waals surface area contributed by atoms with Gasteiger partial charge in [-0.15, -0.1) is 0 Å². The Morgan fingerprint density at radius 2 is 1.91 bits per heavy atom. The topological polar surface area (TPSA) is 44.7 Å². The highest BCUT2D eigenvalue weighted by Gasteiger charge is 2.37. The van der Waals surface area contributed by atoms with Gasteiger partial charge in [-0.1, -0.05) is 28.1 Å². The van der Waals surface area contributed by atoms with E-state index in [-0.39, 0.29) is 17.9 Å². The number of halogens is 1. The average molecular weight is 382 g/mol. The Kier molecular flexibility index (Phi) is 5.69. The van der Waals surface area contributed by atoms with Gasteiger partial charge in [0.25, 0.3) is 0 Å². The van der Waals surface area contributed by atoms with Crippen molar-refractivity contribution >= 4 is 44.9 Å². The summed E-state index contributed by atoms with van der Waals surface area (Å²) >= 11 is 8.65. The monoisotopic (exact) mass is 381 g/mol. The van der Waals surface area contributed by atoms with E-state index in [9.17, 15) is 4.79 Å². The van der Waals surface area contributed by atoms with Crippen LogP contribution in [0.1, 0.15) is 32.4 Å². The maximum Gasteiger partial charge on any atom is 0.233 e. The minimum absolute atomic E-state index is 0.0918. The van der Waals surface area contributed by atoms with Crippen LogP contribution in [0.4, 0.5) is 0 Å². The number of hydrogen-bond acceptors (Lipinski definition) is 2. The van der Waals surface area contributed by atoms with Crippen LogP contribution >= 0.6 is 28.1 Å². The molecule has 2 rings (SSSR count). The van der Waals surface area contributed by atoms with Crippen molar-refractivity contribution in [3.05, 3.63) is 34.3 Å². The number of carbonyl (C=O) groups is 1. The van der Waals surface area contributed by atoms with Crippen LogP contribution in [-0.2, 0) is 4.79 Å². The average Bonchev–Trinajstić information content (AvgIpc) is 2.48. The van der Waals surface area contributed by atoms with E-state index in [1.54, 1.807) is 0 Å². The summed E-state index contributed by atoms with van der Waals surface area (Å²) in [7, 11) is 0. The number of rotatable bonds is 4. The van der Waals surface area contributed by atoms with Gasteiger partial charge in [-0.25, -0.2) is 4.99 Å². The number of nitrogens with one attached hydrogen (secondary N) is 1. The summed E-state index contributed by atoms with van der Waals surface area (Å²) in [4.78, 5) is 19.0. The fraction of sp³-hybridized carbons (Fsp3) is 0.438. The second kappa shape index (κ2) is 7.33. The molecule has 1 N–H and O–H groups in total. The minimum Gasteiger partial charge on any atom is -0.353 e. The molecule has 1 heterocycles. The van der Waals surface area contributed by atoms with Gasteiger partial charge in [-0.2, -0.15) is 0 Å². The summed E-state index contributed by atoms with van der Waals surface area (Å²) in [6.07, 6.45) is 0. The zero-order valence-electron chi connectivity index (χ0n) is 13.0. The molecule has 2 atom stereocenters. The molecule has 1 aromatic carbocycles. The summed E-state index contributed by atoms with van der Waals surface area (Å²) in [6.45, 7) is 7.24. The molecule has 0 bridgehead atoms. The van der Waals surface area contributed by atoms with E-state index in [0.29, 0.717) is 18.2 Å². The molecular weight excluding hydrogens is 362 g/mol. The lowest BCUT2D eigenvalue weighted by molar-refractivity contribution is -0.133. The maximum absolute atomic E-state index is 12.9. The first-order valence-electron chi connectivity index (χ1n) is 7.37. The lowest BCUT2D eigenvalue weighted by Gasteiger charge is -2.34. The second-order valence-corrected chi connectivity index (χ2v) is 6.52. The smallest absolute Gasteiger partial charge is 0.233 e. The van der Waals surface area contributed by atoms with Gasteiger partial charge in [-0.05, 0) is 50.7 Å². The van der Waals surface area contributed by atoms with Crippen LogP contribution in [0.25, 0.3) is 0 Å². The van der Waals surface area contributed by atoms with E-state index in [1.807, 2.05) is 49.9 Å². The standard InChI is InChI=1S/C16H20BrN3OS/c1-4-20(5-2)15(21)13-10(3)18-16(22)19-14(13)11-6-8-12(17)9-7-11/h6-9,13-14H,4-5H2,1-3H3,(H,19,22). The molecule has 1 aliphatic heterocycles. The van der Waals surface area contributed by atoms with Crippen molar-refractivity contribution in [2.45, 2.75) is 26.8 Å². The Bertz CT molecular complexity index is 596. The third-order valence-corrected chi connectivity index (χ3v) is 4.65. The predicted octanol–water partition coefficient (Wildman–Crippen LogP) is 3.32. The van der Waals surface area contributed by atoms with Gasteiger partial charge >= 0.3 is 0 Å². The van der Waals surface area contributed by atoms with E-state index >= 15 is 0 Å². The minimum atomic E-state index is -0.326. The highest BCUT2D eigenvalue weighted by atomic mass is 79.9. The first kappa shape index (κ1) is 17.1. The van der Waals surface area contributed by atoms with Crippen molar-refractivity contribution < 1.29 is 4.79 Å². The molecule has 0 aliphatic carbocycles. The van der Waals surface area contributed by atoms with Gasteiger partial charge in [0.15, 0.2) is 5.11 Å². The third kappa shape index (κ3) is 3.55. The van der Waals surface area contributed by atoms with Gasteiger partial charge in [-0.3, -0.25) is 4.79 Å². The fourth-order valence-corrected chi connectivity index (χ4v) is 3.25. The molecule has 0 spiro atoms. The van der Waals surface area contributed by atoms with Gasteiger partial charge in [0.2, 0.25) is 5.91 Å². The molecule has 4 nitrogen and oxygen atoms in total. The fourth-order valence-electron chi connectivity index (χ4n) is 2.72. The molecule has 0 fully saturated rings. The number of amides is 1. The van der Waals surface area contributed by atoms with E-state index in [0.717, 1.165) is 15.7 Å². The Balaban J connectivity index is 2.40. The van der Waals surface area contributed by atoms with Crippen LogP contribution in [-0.4, -0.2) is 34.7 Å². The summed E-state index contributed by atoms with van der Waals surface area (Å²) in [6, 6.07) is 7.78. The Labute approximate surface area is 145 Å². The van der Waals surface area contributed by atoms with Crippen molar-refractivity contribution in [2.24, 2.45) is 10.9 Å². The van der Waals surface area contributed by atoms with E-state index in [4.69, 9.17) is 12.2 Å². The first-order chi connectivity index (χ1) is 10.5. The number of benzene rings is 1. The van der Waals surface area contributed by atoms with Crippen LogP contribution in [0.15, 0.2) is 33.7 Å². The molecule has 2 unspecified atom stereocenters. The molecule has 6 heteroatoms. The Hall–Kier alpha value is -1.27. The number of thiocarbonyl (C=S) groups is 1. The summed E-state index contributed by atoms with van der Waals surface area (Å²) < 4.78 is 1.01. The van der Waals surface area contributed by atoms with E-state index in [1.165, 1.54) is 0 Å². The Morgan fingerprint density at radius 1 is 1.32 bits per heavy atom. The molecule has 1 amide bonds. The lowest BCUT2D eigenvalue weighted by Crippen LogP contribution is -2.48. The van der Waals surface area contributed by atoms with E-state index < -0.39 is 0 Å². The second-order valence-electron chi connectivity index (χ2n) is 5.22. The molecule has 0 aromatic heterocycles. The largest absolute Gasteiger partial charge is 0.353 e. The quantitative estimate of drug-likeness (QED) is 0.813. The SMILES string of the molecule is CCN(CC)C(=O)C1C(C)=NC(=S)NC1c1ccc(Br)cc1. The van der Waals surface area contributed by atoms with Crippen LogP contribution in [0.3, 0.4) is 0 Å². The Morgan fingerprint density at radius 3 is 2.45 bits per heavy atom. The molecular formula is C16H20BrN3OS. The van der Waals surface area contributed by atoms with Crippen molar-refractivity contribution in [1.29, 1.82) is 0 Å². The van der Waals surface area contributed by atoms with Gasteiger partial charge in [0.05, 0.1) is 6.04 Å². The van der Waals surface area contributed by atoms with Crippen molar-refractivity contribution in [1.82, 2.24) is 10.2 Å². The zero-order valence-corrected chi connectivity index (χ0v) is 15.4. The number of carbonyl (C=O) groups excluding carboxylic acids is 1. The zero-order chi connectivity index (χ0) is 16.3. The summed E-state index contributed by atoms with van der Waals surface area (Å²) in [5, 5.41) is 3.64. The van der Waals surface area contributed by atoms with Crippen LogP contribution in [0.5, 0.6) is 0 Å². The van der Waals surface area contributed by atoms with Crippen LogP contribution < -0.4 is 5.32 Å². The van der Waals surface area contributed by atoms with Crippen molar-refractivity contribution in [2.75, 3.05) is 13.1 Å². The summed E-state index contributed by atoms with van der Waals surface area (Å²) in [5.41, 5.74) is 1.80. The lowest BCUT2D eigenvalue weighted by atomic mass is 9.87. The predicted molar refractivity (Wildman–Crippen MR) is 97.1 cm³/mol. The molecule has 0 saturated heterocycles. The molecule has 1 aliphatic rings.